The molecule has 160 valence electrons. The minimum atomic E-state index is -4.70. The molecule has 3 rings (SSSR count). The Morgan fingerprint density at radius 2 is 1.60 bits per heavy atom. The predicted molar refractivity (Wildman–Crippen MR) is 117 cm³/mol. The number of nitrogens with zero attached hydrogens (tertiary/aromatic N) is 1. The quantitative estimate of drug-likeness (QED) is 0.359. The van der Waals surface area contributed by atoms with Crippen LogP contribution in [0.25, 0.3) is 22.4 Å². The van der Waals surface area contributed by atoms with Gasteiger partial charge in [-0.1, -0.05) is 6.07 Å². The second-order valence-corrected chi connectivity index (χ2v) is 8.58. The summed E-state index contributed by atoms with van der Waals surface area (Å²) in [5.74, 6) is 1.57. The fourth-order valence-corrected chi connectivity index (χ4v) is 4.60. The summed E-state index contributed by atoms with van der Waals surface area (Å²) in [6.07, 6.45) is 1.80. The van der Waals surface area contributed by atoms with Gasteiger partial charge in [-0.05, 0) is 47.6 Å². The molecule has 3 aromatic rings. The highest BCUT2D eigenvalue weighted by molar-refractivity contribution is 7.98. The first-order valence-electron chi connectivity index (χ1n) is 8.49. The third kappa shape index (κ3) is 4.74. The molecule has 2 N–H and O–H groups in total. The molecule has 2 aromatic carbocycles. The molecule has 8 nitrogen and oxygen atoms in total. The standard InChI is InChI=1S/C19H20NO7PS2/c1-24-15-8-12(9-16(25-2)19(15)26-3)18-13(10-30-20-18)11-5-6-17(29-4)14(7-11)27-28(21,22)23/h5-10H,1-4H3,(H2,21,22,23). The number of methoxy groups -OCH3 is 3. The van der Waals surface area contributed by atoms with Gasteiger partial charge in [-0.2, -0.15) is 4.37 Å². The molecule has 0 saturated heterocycles. The highest BCUT2D eigenvalue weighted by Gasteiger charge is 2.21. The van der Waals surface area contributed by atoms with Crippen molar-refractivity contribution in [3.8, 4) is 45.4 Å². The van der Waals surface area contributed by atoms with Gasteiger partial charge < -0.3 is 18.7 Å². The van der Waals surface area contributed by atoms with Crippen molar-refractivity contribution in [2.45, 2.75) is 4.90 Å². The van der Waals surface area contributed by atoms with Crippen molar-refractivity contribution in [3.05, 3.63) is 35.7 Å². The molecule has 0 spiro atoms. The molecule has 0 radical (unpaired) electrons. The van der Waals surface area contributed by atoms with E-state index in [0.29, 0.717) is 33.4 Å². The van der Waals surface area contributed by atoms with Crippen LogP contribution in [-0.2, 0) is 4.57 Å². The number of phosphoric ester groups is 1. The zero-order valence-corrected chi connectivity index (χ0v) is 19.1. The van der Waals surface area contributed by atoms with E-state index in [2.05, 4.69) is 4.37 Å². The summed E-state index contributed by atoms with van der Waals surface area (Å²) in [4.78, 5) is 19.1. The minimum Gasteiger partial charge on any atom is -0.493 e. The smallest absolute Gasteiger partial charge is 0.493 e. The Balaban J connectivity index is 2.13. The number of phosphoric acid groups is 1. The molecule has 11 heteroatoms. The second kappa shape index (κ2) is 9.28. The van der Waals surface area contributed by atoms with Crippen molar-refractivity contribution in [1.29, 1.82) is 0 Å². The average molecular weight is 469 g/mol. The molecule has 0 atom stereocenters. The van der Waals surface area contributed by atoms with Crippen LogP contribution < -0.4 is 18.7 Å². The molecule has 0 fully saturated rings. The number of aromatic nitrogens is 1. The second-order valence-electron chi connectivity index (χ2n) is 5.94. The Kier molecular flexibility index (Phi) is 6.95. The highest BCUT2D eigenvalue weighted by Crippen LogP contribution is 2.46. The summed E-state index contributed by atoms with van der Waals surface area (Å²) in [6.45, 7) is 0. The Bertz CT molecular complexity index is 1070. The number of ether oxygens (including phenoxy) is 3. The zero-order valence-electron chi connectivity index (χ0n) is 16.6. The Morgan fingerprint density at radius 3 is 2.13 bits per heavy atom. The maximum atomic E-state index is 11.4. The van der Waals surface area contributed by atoms with Crippen LogP contribution in [0.1, 0.15) is 0 Å². The van der Waals surface area contributed by atoms with Crippen LogP contribution in [0.15, 0.2) is 40.6 Å². The van der Waals surface area contributed by atoms with Gasteiger partial charge in [0.05, 0.1) is 27.0 Å². The normalized spacial score (nSPS) is 11.3. The molecule has 0 bridgehead atoms. The van der Waals surface area contributed by atoms with Crippen LogP contribution in [0, 0.1) is 0 Å². The summed E-state index contributed by atoms with van der Waals surface area (Å²) in [6, 6.07) is 8.79. The number of thioether (sulfide) groups is 1. The van der Waals surface area contributed by atoms with E-state index in [0.717, 1.165) is 11.1 Å². The molecular formula is C19H20NO7PS2. The van der Waals surface area contributed by atoms with Crippen LogP contribution in [0.5, 0.6) is 23.0 Å². The lowest BCUT2D eigenvalue weighted by Crippen LogP contribution is -1.96. The maximum Gasteiger partial charge on any atom is 0.524 e. The summed E-state index contributed by atoms with van der Waals surface area (Å²) in [7, 11) is -0.0911. The van der Waals surface area contributed by atoms with Gasteiger partial charge in [0.15, 0.2) is 11.5 Å². The topological polar surface area (TPSA) is 107 Å². The molecule has 0 amide bonds. The van der Waals surface area contributed by atoms with Crippen LogP contribution in [-0.4, -0.2) is 41.7 Å². The largest absolute Gasteiger partial charge is 0.524 e. The molecule has 0 aliphatic heterocycles. The van der Waals surface area contributed by atoms with Crippen LogP contribution in [0.2, 0.25) is 0 Å². The van der Waals surface area contributed by atoms with Crippen molar-refractivity contribution in [1.82, 2.24) is 4.37 Å². The summed E-state index contributed by atoms with van der Waals surface area (Å²) < 4.78 is 37.0. The van der Waals surface area contributed by atoms with E-state index < -0.39 is 7.82 Å². The van der Waals surface area contributed by atoms with Crippen molar-refractivity contribution in [2.75, 3.05) is 27.6 Å². The Labute approximate surface area is 182 Å². The first-order valence-corrected chi connectivity index (χ1v) is 12.1. The van der Waals surface area contributed by atoms with E-state index in [-0.39, 0.29) is 5.75 Å². The number of hydrogen-bond acceptors (Lipinski definition) is 8. The van der Waals surface area contributed by atoms with Gasteiger partial charge in [-0.3, -0.25) is 9.79 Å². The molecule has 0 unspecified atom stereocenters. The van der Waals surface area contributed by atoms with E-state index in [1.807, 2.05) is 11.4 Å². The van der Waals surface area contributed by atoms with Gasteiger partial charge in [-0.25, -0.2) is 4.57 Å². The lowest BCUT2D eigenvalue weighted by molar-refractivity contribution is 0.281. The van der Waals surface area contributed by atoms with Crippen LogP contribution >= 0.6 is 31.1 Å². The minimum absolute atomic E-state index is 0.107. The van der Waals surface area contributed by atoms with Gasteiger partial charge in [0.25, 0.3) is 0 Å². The van der Waals surface area contributed by atoms with E-state index in [9.17, 15) is 14.4 Å². The van der Waals surface area contributed by atoms with Gasteiger partial charge in [-0.15, -0.1) is 11.8 Å². The Morgan fingerprint density at radius 1 is 0.967 bits per heavy atom. The van der Waals surface area contributed by atoms with Crippen molar-refractivity contribution < 1.29 is 33.1 Å². The average Bonchev–Trinajstić information content (AvgIpc) is 3.21. The molecule has 0 saturated carbocycles. The predicted octanol–water partition coefficient (Wildman–Crippen LogP) is 4.70. The third-order valence-electron chi connectivity index (χ3n) is 4.20. The third-order valence-corrected chi connectivity index (χ3v) is 6.04. The Hall–Kier alpha value is -2.23. The first kappa shape index (κ1) is 22.5. The van der Waals surface area contributed by atoms with Crippen molar-refractivity contribution in [2.24, 2.45) is 0 Å². The van der Waals surface area contributed by atoms with Gasteiger partial charge in [0.2, 0.25) is 5.75 Å². The SMILES string of the molecule is COc1cc(-c2nscc2-c2ccc(SC)c(OP(=O)(O)O)c2)cc(OC)c1OC. The fraction of sp³-hybridized carbons (Fsp3) is 0.211. The summed E-state index contributed by atoms with van der Waals surface area (Å²) in [5, 5.41) is 1.86. The lowest BCUT2D eigenvalue weighted by Gasteiger charge is -2.15. The van der Waals surface area contributed by atoms with Crippen LogP contribution in [0.4, 0.5) is 0 Å². The van der Waals surface area contributed by atoms with Gasteiger partial charge in [0.1, 0.15) is 5.75 Å². The highest BCUT2D eigenvalue weighted by atomic mass is 32.2. The van der Waals surface area contributed by atoms with E-state index in [1.54, 1.807) is 30.5 Å². The fourth-order valence-electron chi connectivity index (χ4n) is 2.91. The summed E-state index contributed by atoms with van der Waals surface area (Å²) >= 11 is 2.59. The van der Waals surface area contributed by atoms with Crippen molar-refractivity contribution in [3.63, 3.8) is 0 Å². The molecule has 1 aromatic heterocycles. The number of benzene rings is 2. The lowest BCUT2D eigenvalue weighted by atomic mass is 10.0. The number of hydrogen-bond donors (Lipinski definition) is 2. The molecular weight excluding hydrogens is 449 g/mol. The van der Waals surface area contributed by atoms with E-state index in [4.69, 9.17) is 18.7 Å². The molecule has 0 aliphatic carbocycles. The molecule has 0 aliphatic rings. The van der Waals surface area contributed by atoms with Crippen molar-refractivity contribution >= 4 is 31.1 Å². The van der Waals surface area contributed by atoms with E-state index >= 15 is 0 Å². The van der Waals surface area contributed by atoms with Crippen LogP contribution in [0.3, 0.4) is 0 Å². The monoisotopic (exact) mass is 469 g/mol. The number of rotatable bonds is 8. The first-order chi connectivity index (χ1) is 14.3. The molecule has 30 heavy (non-hydrogen) atoms. The summed E-state index contributed by atoms with van der Waals surface area (Å²) in [5.41, 5.74) is 2.89. The zero-order chi connectivity index (χ0) is 21.9. The van der Waals surface area contributed by atoms with Gasteiger partial charge >= 0.3 is 7.82 Å². The van der Waals surface area contributed by atoms with E-state index in [1.165, 1.54) is 44.6 Å². The molecule has 1 heterocycles. The maximum absolute atomic E-state index is 11.4. The van der Waals surface area contributed by atoms with Gasteiger partial charge in [0, 0.05) is 21.4 Å².